The van der Waals surface area contributed by atoms with Gasteiger partial charge in [-0.25, -0.2) is 4.39 Å². The first-order chi connectivity index (χ1) is 5.58. The van der Waals surface area contributed by atoms with Crippen LogP contribution in [0.2, 0.25) is 0 Å². The quantitative estimate of drug-likeness (QED) is 0.681. The topological polar surface area (TPSA) is 29.1 Å². The standard InChI is InChI=1S/C9H10FNO/c1-6-3-8(10)5-9(4-6)11-7(2)12/h3-5H,1-2H3,(H,11,12). The summed E-state index contributed by atoms with van der Waals surface area (Å²) in [7, 11) is 0. The van der Waals surface area contributed by atoms with Crippen molar-refractivity contribution in [2.24, 2.45) is 0 Å². The SMILES string of the molecule is CC(=O)Nc1cc(C)cc(F)c1. The predicted molar refractivity (Wildman–Crippen MR) is 45.4 cm³/mol. The molecular weight excluding hydrogens is 157 g/mol. The minimum atomic E-state index is -0.334. The highest BCUT2D eigenvalue weighted by Crippen LogP contribution is 2.12. The van der Waals surface area contributed by atoms with Gasteiger partial charge in [0.15, 0.2) is 0 Å². The van der Waals surface area contributed by atoms with Crippen LogP contribution in [0.25, 0.3) is 0 Å². The lowest BCUT2D eigenvalue weighted by molar-refractivity contribution is -0.114. The molecule has 0 atom stereocenters. The average molecular weight is 167 g/mol. The highest BCUT2D eigenvalue weighted by atomic mass is 19.1. The van der Waals surface area contributed by atoms with Crippen LogP contribution < -0.4 is 5.32 Å². The van der Waals surface area contributed by atoms with E-state index in [4.69, 9.17) is 0 Å². The van der Waals surface area contributed by atoms with Crippen LogP contribution in [0, 0.1) is 12.7 Å². The van der Waals surface area contributed by atoms with Crippen LogP contribution in [0.1, 0.15) is 12.5 Å². The lowest BCUT2D eigenvalue weighted by Gasteiger charge is -2.02. The molecule has 0 fully saturated rings. The number of carbonyl (C=O) groups is 1. The lowest BCUT2D eigenvalue weighted by Crippen LogP contribution is -2.05. The Kier molecular flexibility index (Phi) is 2.43. The molecule has 0 unspecified atom stereocenters. The minimum Gasteiger partial charge on any atom is -0.326 e. The second kappa shape index (κ2) is 3.34. The van der Waals surface area contributed by atoms with Gasteiger partial charge in [-0.05, 0) is 30.7 Å². The molecule has 1 rings (SSSR count). The van der Waals surface area contributed by atoms with Crippen LogP contribution in [-0.4, -0.2) is 5.91 Å². The van der Waals surface area contributed by atoms with E-state index < -0.39 is 0 Å². The number of amides is 1. The van der Waals surface area contributed by atoms with Crippen LogP contribution >= 0.6 is 0 Å². The van der Waals surface area contributed by atoms with Crippen molar-refractivity contribution in [3.63, 3.8) is 0 Å². The summed E-state index contributed by atoms with van der Waals surface area (Å²) in [6.07, 6.45) is 0. The van der Waals surface area contributed by atoms with Gasteiger partial charge in [0.2, 0.25) is 5.91 Å². The van der Waals surface area contributed by atoms with Crippen molar-refractivity contribution < 1.29 is 9.18 Å². The highest BCUT2D eigenvalue weighted by Gasteiger charge is 1.98. The van der Waals surface area contributed by atoms with Crippen LogP contribution in [0.4, 0.5) is 10.1 Å². The first-order valence-corrected chi connectivity index (χ1v) is 3.63. The molecule has 0 spiro atoms. The number of hydrogen-bond donors (Lipinski definition) is 1. The van der Waals surface area contributed by atoms with Gasteiger partial charge in [0.1, 0.15) is 5.82 Å². The largest absolute Gasteiger partial charge is 0.326 e. The van der Waals surface area contributed by atoms with Crippen molar-refractivity contribution in [2.75, 3.05) is 5.32 Å². The average Bonchev–Trinajstić information content (AvgIpc) is 1.81. The zero-order valence-electron chi connectivity index (χ0n) is 7.02. The Morgan fingerprint density at radius 2 is 2.08 bits per heavy atom. The third kappa shape index (κ3) is 2.34. The Labute approximate surface area is 70.4 Å². The van der Waals surface area contributed by atoms with E-state index in [2.05, 4.69) is 5.32 Å². The van der Waals surface area contributed by atoms with E-state index in [-0.39, 0.29) is 11.7 Å². The molecule has 3 heteroatoms. The zero-order valence-corrected chi connectivity index (χ0v) is 7.02. The fourth-order valence-corrected chi connectivity index (χ4v) is 1.01. The Balaban J connectivity index is 2.93. The Hall–Kier alpha value is -1.38. The Bertz CT molecular complexity index is 289. The summed E-state index contributed by atoms with van der Waals surface area (Å²) in [5.74, 6) is -0.529. The molecule has 0 aliphatic rings. The molecule has 0 bridgehead atoms. The molecule has 1 aromatic rings. The van der Waals surface area contributed by atoms with Crippen molar-refractivity contribution in [3.05, 3.63) is 29.6 Å². The van der Waals surface area contributed by atoms with Crippen LogP contribution in [0.3, 0.4) is 0 Å². The summed E-state index contributed by atoms with van der Waals surface area (Å²) < 4.78 is 12.7. The first-order valence-electron chi connectivity index (χ1n) is 3.63. The molecule has 0 aliphatic carbocycles. The molecule has 12 heavy (non-hydrogen) atoms. The van der Waals surface area contributed by atoms with Gasteiger partial charge in [-0.3, -0.25) is 4.79 Å². The molecule has 0 aromatic heterocycles. The number of nitrogens with one attached hydrogen (secondary N) is 1. The van der Waals surface area contributed by atoms with Gasteiger partial charge in [0.05, 0.1) is 0 Å². The number of benzene rings is 1. The molecule has 1 amide bonds. The maximum absolute atomic E-state index is 12.7. The van der Waals surface area contributed by atoms with Crippen molar-refractivity contribution >= 4 is 11.6 Å². The maximum atomic E-state index is 12.7. The van der Waals surface area contributed by atoms with Gasteiger partial charge in [-0.2, -0.15) is 0 Å². The summed E-state index contributed by atoms with van der Waals surface area (Å²) in [6, 6.07) is 4.41. The molecule has 1 aromatic carbocycles. The Morgan fingerprint density at radius 1 is 1.42 bits per heavy atom. The summed E-state index contributed by atoms with van der Waals surface area (Å²) in [5.41, 5.74) is 1.29. The first kappa shape index (κ1) is 8.71. The van der Waals surface area contributed by atoms with Gasteiger partial charge in [0.25, 0.3) is 0 Å². The third-order valence-electron chi connectivity index (χ3n) is 1.36. The molecule has 0 aliphatic heterocycles. The number of hydrogen-bond acceptors (Lipinski definition) is 1. The summed E-state index contributed by atoms with van der Waals surface area (Å²) in [6.45, 7) is 3.16. The van der Waals surface area contributed by atoms with E-state index in [0.29, 0.717) is 5.69 Å². The van der Waals surface area contributed by atoms with E-state index in [1.807, 2.05) is 0 Å². The minimum absolute atomic E-state index is 0.194. The zero-order chi connectivity index (χ0) is 9.14. The third-order valence-corrected chi connectivity index (χ3v) is 1.36. The van der Waals surface area contributed by atoms with Crippen LogP contribution in [0.15, 0.2) is 18.2 Å². The van der Waals surface area contributed by atoms with E-state index in [1.54, 1.807) is 13.0 Å². The van der Waals surface area contributed by atoms with E-state index in [0.717, 1.165) is 5.56 Å². The van der Waals surface area contributed by atoms with Gasteiger partial charge in [-0.1, -0.05) is 0 Å². The van der Waals surface area contributed by atoms with Crippen molar-refractivity contribution in [1.82, 2.24) is 0 Å². The van der Waals surface area contributed by atoms with Crippen molar-refractivity contribution in [3.8, 4) is 0 Å². The summed E-state index contributed by atoms with van der Waals surface area (Å²) >= 11 is 0. The maximum Gasteiger partial charge on any atom is 0.221 e. The van der Waals surface area contributed by atoms with Gasteiger partial charge in [0, 0.05) is 12.6 Å². The molecule has 1 N–H and O–H groups in total. The molecule has 64 valence electrons. The highest BCUT2D eigenvalue weighted by molar-refractivity contribution is 5.88. The number of rotatable bonds is 1. The monoisotopic (exact) mass is 167 g/mol. The predicted octanol–water partition coefficient (Wildman–Crippen LogP) is 2.09. The molecule has 0 saturated carbocycles. The summed E-state index contributed by atoms with van der Waals surface area (Å²) in [4.78, 5) is 10.6. The van der Waals surface area contributed by atoms with Crippen molar-refractivity contribution in [2.45, 2.75) is 13.8 Å². The fraction of sp³-hybridized carbons (Fsp3) is 0.222. The molecule has 2 nitrogen and oxygen atoms in total. The van der Waals surface area contributed by atoms with Crippen LogP contribution in [-0.2, 0) is 4.79 Å². The Morgan fingerprint density at radius 3 is 2.58 bits per heavy atom. The second-order valence-corrected chi connectivity index (χ2v) is 2.70. The number of carbonyl (C=O) groups excluding carboxylic acids is 1. The normalized spacial score (nSPS) is 9.58. The molecular formula is C9H10FNO. The fourth-order valence-electron chi connectivity index (χ4n) is 1.01. The second-order valence-electron chi connectivity index (χ2n) is 2.70. The van der Waals surface area contributed by atoms with Gasteiger partial charge in [-0.15, -0.1) is 0 Å². The lowest BCUT2D eigenvalue weighted by atomic mass is 10.2. The number of aryl methyl sites for hydroxylation is 1. The molecule has 0 saturated heterocycles. The number of anilines is 1. The van der Waals surface area contributed by atoms with E-state index >= 15 is 0 Å². The van der Waals surface area contributed by atoms with E-state index in [9.17, 15) is 9.18 Å². The smallest absolute Gasteiger partial charge is 0.221 e. The summed E-state index contributed by atoms with van der Waals surface area (Å²) in [5, 5.41) is 2.51. The van der Waals surface area contributed by atoms with E-state index in [1.165, 1.54) is 19.1 Å². The van der Waals surface area contributed by atoms with Crippen molar-refractivity contribution in [1.29, 1.82) is 0 Å². The van der Waals surface area contributed by atoms with Gasteiger partial charge >= 0.3 is 0 Å². The van der Waals surface area contributed by atoms with Crippen LogP contribution in [0.5, 0.6) is 0 Å². The molecule has 0 radical (unpaired) electrons. The van der Waals surface area contributed by atoms with Gasteiger partial charge < -0.3 is 5.32 Å². The number of halogens is 1. The molecule has 0 heterocycles.